The van der Waals surface area contributed by atoms with Crippen LogP contribution in [0.2, 0.25) is 18.1 Å². The molecule has 0 atom stereocenters. The number of allylic oxidation sites excluding steroid dienone is 2. The van der Waals surface area contributed by atoms with Gasteiger partial charge in [-0.1, -0.05) is 47.6 Å². The molecular weight excluding hydrogens is 408 g/mol. The minimum absolute atomic E-state index is 0.0691. The molecule has 144 valence electrons. The molecule has 0 radical (unpaired) electrons. The molecule has 0 aliphatic rings. The second kappa shape index (κ2) is 11.1. The van der Waals surface area contributed by atoms with Crippen LogP contribution in [0.5, 0.6) is 0 Å². The summed E-state index contributed by atoms with van der Waals surface area (Å²) in [7, 11) is -1.57. The van der Waals surface area contributed by atoms with Gasteiger partial charge in [0.2, 0.25) is 0 Å². The molecule has 1 nitrogen and oxygen atoms in total. The van der Waals surface area contributed by atoms with Gasteiger partial charge in [-0.2, -0.15) is 0 Å². The van der Waals surface area contributed by atoms with E-state index in [-0.39, 0.29) is 5.60 Å². The molecule has 0 fully saturated rings. The Bertz CT molecular complexity index is 521. The van der Waals surface area contributed by atoms with Crippen LogP contribution in [-0.2, 0) is 4.43 Å². The Balaban J connectivity index is 2.88. The highest BCUT2D eigenvalue weighted by molar-refractivity contribution is 9.10. The summed E-state index contributed by atoms with van der Waals surface area (Å²) >= 11 is 5.41. The van der Waals surface area contributed by atoms with Crippen molar-refractivity contribution in [2.45, 2.75) is 97.4 Å². The molecule has 25 heavy (non-hydrogen) atoms. The van der Waals surface area contributed by atoms with Crippen molar-refractivity contribution in [2.24, 2.45) is 0 Å². The standard InChI is InChI=1S/C21H37BrOSSi/c1-7-18(20-16-19(22)17-24-20)14-13-15-21(8-2,9-3)23-25(10-4,11-5)12-6/h14,16-17H,7-13,15H2,1-6H3. The van der Waals surface area contributed by atoms with E-state index in [1.807, 2.05) is 11.3 Å². The summed E-state index contributed by atoms with van der Waals surface area (Å²) in [5.74, 6) is 0. The summed E-state index contributed by atoms with van der Waals surface area (Å²) in [5.41, 5.74) is 1.54. The molecule has 1 aromatic heterocycles. The fraction of sp³-hybridized carbons (Fsp3) is 0.714. The van der Waals surface area contributed by atoms with Crippen LogP contribution in [0.15, 0.2) is 22.0 Å². The maximum Gasteiger partial charge on any atom is 0.192 e. The van der Waals surface area contributed by atoms with Crippen LogP contribution < -0.4 is 0 Å². The Hall–Kier alpha value is 0.0969. The number of hydrogen-bond donors (Lipinski definition) is 0. The highest BCUT2D eigenvalue weighted by Crippen LogP contribution is 2.36. The Morgan fingerprint density at radius 1 is 1.12 bits per heavy atom. The van der Waals surface area contributed by atoms with Crippen LogP contribution in [0.1, 0.15) is 78.5 Å². The van der Waals surface area contributed by atoms with Gasteiger partial charge in [0, 0.05) is 14.7 Å². The summed E-state index contributed by atoms with van der Waals surface area (Å²) in [6.45, 7) is 13.9. The van der Waals surface area contributed by atoms with E-state index in [0.717, 1.165) is 32.1 Å². The summed E-state index contributed by atoms with van der Waals surface area (Å²) in [6.07, 6.45) is 8.05. The van der Waals surface area contributed by atoms with Crippen LogP contribution in [0.3, 0.4) is 0 Å². The van der Waals surface area contributed by atoms with E-state index in [9.17, 15) is 0 Å². The molecule has 0 spiro atoms. The third-order valence-electron chi connectivity index (χ3n) is 5.91. The van der Waals surface area contributed by atoms with Crippen LogP contribution in [0.4, 0.5) is 0 Å². The fourth-order valence-electron chi connectivity index (χ4n) is 3.63. The summed E-state index contributed by atoms with van der Waals surface area (Å²) in [5, 5.41) is 2.17. The topological polar surface area (TPSA) is 9.23 Å². The molecule has 0 amide bonds. The van der Waals surface area contributed by atoms with Gasteiger partial charge >= 0.3 is 0 Å². The molecule has 0 aromatic carbocycles. The maximum atomic E-state index is 7.00. The second-order valence-corrected chi connectivity index (χ2v) is 13.5. The molecule has 0 aliphatic carbocycles. The first-order valence-electron chi connectivity index (χ1n) is 10.1. The number of hydrogen-bond acceptors (Lipinski definition) is 2. The van der Waals surface area contributed by atoms with Gasteiger partial charge in [-0.25, -0.2) is 0 Å². The Labute approximate surface area is 169 Å². The van der Waals surface area contributed by atoms with Gasteiger partial charge in [0.15, 0.2) is 8.32 Å². The van der Waals surface area contributed by atoms with Gasteiger partial charge < -0.3 is 4.43 Å². The van der Waals surface area contributed by atoms with E-state index < -0.39 is 8.32 Å². The van der Waals surface area contributed by atoms with E-state index >= 15 is 0 Å². The van der Waals surface area contributed by atoms with E-state index in [4.69, 9.17) is 4.43 Å². The van der Waals surface area contributed by atoms with Crippen LogP contribution in [0.25, 0.3) is 5.57 Å². The lowest BCUT2D eigenvalue weighted by atomic mass is 9.91. The number of rotatable bonds is 12. The van der Waals surface area contributed by atoms with Crippen molar-refractivity contribution in [3.05, 3.63) is 26.9 Å². The number of thiophene rings is 1. The van der Waals surface area contributed by atoms with Crippen molar-refractivity contribution in [3.63, 3.8) is 0 Å². The SMILES string of the molecule is CCC(=CCCC(CC)(CC)O[Si](CC)(CC)CC)c1cc(Br)cs1. The molecule has 0 aliphatic heterocycles. The predicted octanol–water partition coefficient (Wildman–Crippen LogP) is 8.66. The lowest BCUT2D eigenvalue weighted by Crippen LogP contribution is -2.46. The zero-order valence-electron chi connectivity index (χ0n) is 17.1. The lowest BCUT2D eigenvalue weighted by molar-refractivity contribution is 0.0397. The minimum Gasteiger partial charge on any atom is -0.411 e. The average Bonchev–Trinajstić information content (AvgIpc) is 3.08. The van der Waals surface area contributed by atoms with Gasteiger partial charge in [0.05, 0.1) is 5.60 Å². The van der Waals surface area contributed by atoms with Gasteiger partial charge in [0.1, 0.15) is 0 Å². The van der Waals surface area contributed by atoms with Gasteiger partial charge in [-0.05, 0) is 77.8 Å². The highest BCUT2D eigenvalue weighted by atomic mass is 79.9. The first kappa shape index (κ1) is 23.1. The second-order valence-electron chi connectivity index (χ2n) is 6.99. The molecule has 0 saturated carbocycles. The third kappa shape index (κ3) is 6.33. The van der Waals surface area contributed by atoms with Crippen molar-refractivity contribution < 1.29 is 4.43 Å². The molecule has 1 heterocycles. The molecule has 0 N–H and O–H groups in total. The zero-order chi connectivity index (χ0) is 18.9. The Kier molecular flexibility index (Phi) is 10.2. The summed E-state index contributed by atoms with van der Waals surface area (Å²) < 4.78 is 8.19. The molecule has 0 bridgehead atoms. The molecular formula is C21H37BrOSSi. The molecule has 4 heteroatoms. The van der Waals surface area contributed by atoms with Crippen LogP contribution in [-0.4, -0.2) is 13.9 Å². The largest absolute Gasteiger partial charge is 0.411 e. The smallest absolute Gasteiger partial charge is 0.192 e. The molecule has 1 aromatic rings. The van der Waals surface area contributed by atoms with Gasteiger partial charge in [0.25, 0.3) is 0 Å². The van der Waals surface area contributed by atoms with Crippen LogP contribution in [0, 0.1) is 0 Å². The quantitative estimate of drug-likeness (QED) is 0.292. The van der Waals surface area contributed by atoms with Crippen molar-refractivity contribution in [2.75, 3.05) is 0 Å². The Morgan fingerprint density at radius 2 is 1.72 bits per heavy atom. The molecule has 1 rings (SSSR count). The first-order chi connectivity index (χ1) is 11.9. The zero-order valence-corrected chi connectivity index (χ0v) is 20.5. The van der Waals surface area contributed by atoms with E-state index in [1.54, 1.807) is 0 Å². The van der Waals surface area contributed by atoms with Crippen molar-refractivity contribution in [1.82, 2.24) is 0 Å². The highest BCUT2D eigenvalue weighted by Gasteiger charge is 2.38. The van der Waals surface area contributed by atoms with Gasteiger partial charge in [-0.15, -0.1) is 11.3 Å². The minimum atomic E-state index is -1.57. The van der Waals surface area contributed by atoms with Crippen molar-refractivity contribution >= 4 is 41.2 Å². The predicted molar refractivity (Wildman–Crippen MR) is 121 cm³/mol. The monoisotopic (exact) mass is 444 g/mol. The van der Waals surface area contributed by atoms with Crippen molar-refractivity contribution in [1.29, 1.82) is 0 Å². The average molecular weight is 446 g/mol. The number of halogens is 1. The van der Waals surface area contributed by atoms with E-state index in [1.165, 1.54) is 33.1 Å². The van der Waals surface area contributed by atoms with E-state index in [0.29, 0.717) is 0 Å². The molecule has 0 saturated heterocycles. The summed E-state index contributed by atoms with van der Waals surface area (Å²) in [4.78, 5) is 1.40. The van der Waals surface area contributed by atoms with Crippen molar-refractivity contribution in [3.8, 4) is 0 Å². The first-order valence-corrected chi connectivity index (χ1v) is 14.3. The lowest BCUT2D eigenvalue weighted by Gasteiger charge is -2.42. The molecule has 0 unspecified atom stereocenters. The van der Waals surface area contributed by atoms with Gasteiger partial charge in [-0.3, -0.25) is 0 Å². The Morgan fingerprint density at radius 3 is 2.12 bits per heavy atom. The normalized spacial score (nSPS) is 13.5. The van der Waals surface area contributed by atoms with E-state index in [2.05, 4.69) is 75.0 Å². The third-order valence-corrected chi connectivity index (χ3v) is 12.4. The maximum absolute atomic E-state index is 7.00. The summed E-state index contributed by atoms with van der Waals surface area (Å²) in [6, 6.07) is 5.95. The fourth-order valence-corrected chi connectivity index (χ4v) is 8.42. The van der Waals surface area contributed by atoms with Crippen LogP contribution >= 0.6 is 27.3 Å².